The fourth-order valence-electron chi connectivity index (χ4n) is 6.81. The highest BCUT2D eigenvalue weighted by molar-refractivity contribution is 6.01. The summed E-state index contributed by atoms with van der Waals surface area (Å²) in [5, 5.41) is 15.0. The number of ether oxygens (including phenoxy) is 2. The molecule has 2 aromatic carbocycles. The molecule has 3 heterocycles. The number of aliphatic hydroxyl groups is 1. The second-order valence-electron chi connectivity index (χ2n) is 11.0. The Morgan fingerprint density at radius 3 is 2.66 bits per heavy atom. The van der Waals surface area contributed by atoms with Crippen LogP contribution in [-0.2, 0) is 21.6 Å². The van der Waals surface area contributed by atoms with E-state index >= 15 is 0 Å². The molecule has 4 N–H and O–H groups in total. The van der Waals surface area contributed by atoms with Crippen LogP contribution in [0.3, 0.4) is 0 Å². The number of carbonyl (C=O) groups is 2. The average molecular weight is 519 g/mol. The number of guanidine groups is 1. The molecule has 0 saturated carbocycles. The first-order valence-electron chi connectivity index (χ1n) is 13.3. The molecule has 0 unspecified atom stereocenters. The van der Waals surface area contributed by atoms with Crippen molar-refractivity contribution in [3.05, 3.63) is 64.2 Å². The zero-order valence-corrected chi connectivity index (χ0v) is 22.0. The summed E-state index contributed by atoms with van der Waals surface area (Å²) in [4.78, 5) is 33.4. The summed E-state index contributed by atoms with van der Waals surface area (Å²) >= 11 is 0. The molecule has 2 aromatic rings. The summed E-state index contributed by atoms with van der Waals surface area (Å²) in [7, 11) is 1.61. The molecule has 38 heavy (non-hydrogen) atoms. The van der Waals surface area contributed by atoms with Crippen molar-refractivity contribution in [2.45, 2.75) is 62.8 Å². The van der Waals surface area contributed by atoms with E-state index in [4.69, 9.17) is 20.2 Å². The van der Waals surface area contributed by atoms with E-state index < -0.39 is 23.2 Å². The van der Waals surface area contributed by atoms with E-state index in [-0.39, 0.29) is 30.1 Å². The summed E-state index contributed by atoms with van der Waals surface area (Å²) in [5.74, 6) is 0.104. The Balaban J connectivity index is 1.48. The fourth-order valence-corrected chi connectivity index (χ4v) is 6.81. The summed E-state index contributed by atoms with van der Waals surface area (Å²) in [5.41, 5.74) is 8.19. The second kappa shape index (κ2) is 8.81. The van der Waals surface area contributed by atoms with Crippen LogP contribution < -0.4 is 15.8 Å². The molecule has 0 spiro atoms. The highest BCUT2D eigenvalue weighted by Gasteiger charge is 2.53. The number of hydrogen-bond donors (Lipinski definition) is 3. The highest BCUT2D eigenvalue weighted by atomic mass is 16.5. The van der Waals surface area contributed by atoms with Crippen molar-refractivity contribution in [3.63, 3.8) is 0 Å². The van der Waals surface area contributed by atoms with Crippen LogP contribution in [0.25, 0.3) is 0 Å². The van der Waals surface area contributed by atoms with Crippen molar-refractivity contribution in [1.29, 1.82) is 0 Å². The molecule has 1 aliphatic carbocycles. The van der Waals surface area contributed by atoms with Gasteiger partial charge in [-0.25, -0.2) is 4.99 Å². The number of fused-ring (bicyclic) bond motifs is 6. The minimum Gasteiger partial charge on any atom is -0.493 e. The van der Waals surface area contributed by atoms with Crippen LogP contribution in [0.4, 0.5) is 0 Å². The quantitative estimate of drug-likeness (QED) is 0.559. The van der Waals surface area contributed by atoms with Crippen LogP contribution in [0.2, 0.25) is 0 Å². The number of benzene rings is 2. The fraction of sp³-hybridized carbons (Fsp3) is 0.483. The molecule has 0 radical (unpaired) electrons. The van der Waals surface area contributed by atoms with Gasteiger partial charge in [0.1, 0.15) is 11.4 Å². The molecule has 0 fully saturated rings. The van der Waals surface area contributed by atoms with Gasteiger partial charge in [-0.05, 0) is 36.1 Å². The Morgan fingerprint density at radius 2 is 1.95 bits per heavy atom. The third-order valence-corrected chi connectivity index (χ3v) is 8.98. The summed E-state index contributed by atoms with van der Waals surface area (Å²) in [6.45, 7) is 4.66. The smallest absolute Gasteiger partial charge is 0.252 e. The molecule has 2 amide bonds. The molecule has 0 bridgehead atoms. The maximum Gasteiger partial charge on any atom is 0.252 e. The van der Waals surface area contributed by atoms with Gasteiger partial charge in [-0.1, -0.05) is 38.1 Å². The summed E-state index contributed by atoms with van der Waals surface area (Å²) in [6.07, 6.45) is 2.07. The number of methoxy groups -OCH3 is 1. The third kappa shape index (κ3) is 3.48. The first-order chi connectivity index (χ1) is 18.2. The summed E-state index contributed by atoms with van der Waals surface area (Å²) < 4.78 is 11.7. The molecule has 200 valence electrons. The van der Waals surface area contributed by atoms with Crippen molar-refractivity contribution in [3.8, 4) is 5.75 Å². The molecule has 4 atom stereocenters. The normalized spacial score (nSPS) is 28.9. The van der Waals surface area contributed by atoms with Gasteiger partial charge in [-0.3, -0.25) is 14.5 Å². The number of nitrogens with two attached hydrogens (primary N) is 1. The molecule has 4 aliphatic rings. The molecular formula is C29H34N4O5. The van der Waals surface area contributed by atoms with Gasteiger partial charge in [0.05, 0.1) is 37.3 Å². The van der Waals surface area contributed by atoms with Crippen LogP contribution in [-0.4, -0.2) is 53.6 Å². The number of aliphatic imine (C=N–C) groups is 1. The lowest BCUT2D eigenvalue weighted by Crippen LogP contribution is -2.55. The van der Waals surface area contributed by atoms with Crippen molar-refractivity contribution >= 4 is 17.8 Å². The zero-order valence-electron chi connectivity index (χ0n) is 22.0. The van der Waals surface area contributed by atoms with Gasteiger partial charge in [0.15, 0.2) is 5.96 Å². The lowest BCUT2D eigenvalue weighted by atomic mass is 9.77. The molecule has 3 aliphatic heterocycles. The monoisotopic (exact) mass is 518 g/mol. The van der Waals surface area contributed by atoms with Gasteiger partial charge >= 0.3 is 0 Å². The first-order valence-corrected chi connectivity index (χ1v) is 13.3. The number of nitrogens with zero attached hydrogens (tertiary/aromatic N) is 2. The van der Waals surface area contributed by atoms with Gasteiger partial charge in [-0.2, -0.15) is 0 Å². The van der Waals surface area contributed by atoms with Crippen LogP contribution >= 0.6 is 0 Å². The van der Waals surface area contributed by atoms with E-state index in [1.54, 1.807) is 24.1 Å². The molecule has 0 saturated heterocycles. The predicted octanol–water partition coefficient (Wildman–Crippen LogP) is 2.72. The Hall–Kier alpha value is -3.43. The minimum absolute atomic E-state index is 0.104. The van der Waals surface area contributed by atoms with Gasteiger partial charge in [0, 0.05) is 36.1 Å². The first kappa shape index (κ1) is 24.9. The van der Waals surface area contributed by atoms with Gasteiger partial charge < -0.3 is 25.6 Å². The Morgan fingerprint density at radius 1 is 1.18 bits per heavy atom. The lowest BCUT2D eigenvalue weighted by molar-refractivity contribution is -0.133. The number of nitrogens with one attached hydrogen (secondary N) is 1. The standard InChI is InChI=1S/C29H34N4O5/c1-4-28(5-2)13-23(34)33(27(30)32-28)24-17(14-37-3)15-38-22-11-21-19(10-20(22)24)26(35)31-25-18-9-7-6-8-16(18)12-29(21,25)36/h6-11,17,24-25,36H,4-5,12-15H2,1-3H3,(H2,30,32)(H,31,35)/t17-,24-,25-,29+/m1/s1. The Kier molecular flexibility index (Phi) is 5.77. The maximum atomic E-state index is 13.6. The molecule has 0 aromatic heterocycles. The number of hydrogen-bond acceptors (Lipinski definition) is 7. The maximum absolute atomic E-state index is 13.6. The van der Waals surface area contributed by atoms with E-state index in [1.165, 1.54) is 0 Å². The van der Waals surface area contributed by atoms with Crippen LogP contribution in [0.1, 0.15) is 77.8 Å². The minimum atomic E-state index is -1.30. The number of amides is 2. The van der Waals surface area contributed by atoms with Gasteiger partial charge in [0.25, 0.3) is 5.91 Å². The van der Waals surface area contributed by atoms with E-state index in [1.807, 2.05) is 38.1 Å². The van der Waals surface area contributed by atoms with E-state index in [2.05, 4.69) is 5.32 Å². The molecular weight excluding hydrogens is 484 g/mol. The van der Waals surface area contributed by atoms with E-state index in [0.717, 1.165) is 11.1 Å². The van der Waals surface area contributed by atoms with Gasteiger partial charge in [0.2, 0.25) is 5.91 Å². The topological polar surface area (TPSA) is 126 Å². The van der Waals surface area contributed by atoms with Crippen LogP contribution in [0.15, 0.2) is 41.4 Å². The van der Waals surface area contributed by atoms with Crippen LogP contribution in [0, 0.1) is 5.92 Å². The molecule has 9 nitrogen and oxygen atoms in total. The van der Waals surface area contributed by atoms with Crippen LogP contribution in [0.5, 0.6) is 5.75 Å². The van der Waals surface area contributed by atoms with Crippen molar-refractivity contribution < 1.29 is 24.2 Å². The Labute approximate surface area is 222 Å². The average Bonchev–Trinajstić information content (AvgIpc) is 3.21. The van der Waals surface area contributed by atoms with Crippen molar-refractivity contribution in [1.82, 2.24) is 10.2 Å². The van der Waals surface area contributed by atoms with Crippen molar-refractivity contribution in [2.24, 2.45) is 16.6 Å². The van der Waals surface area contributed by atoms with Crippen molar-refractivity contribution in [2.75, 3.05) is 20.3 Å². The number of carbonyl (C=O) groups excluding carboxylic acids is 2. The predicted molar refractivity (Wildman–Crippen MR) is 141 cm³/mol. The largest absolute Gasteiger partial charge is 0.493 e. The molecule has 6 rings (SSSR count). The lowest BCUT2D eigenvalue weighted by Gasteiger charge is -2.45. The third-order valence-electron chi connectivity index (χ3n) is 8.98. The second-order valence-corrected chi connectivity index (χ2v) is 11.0. The zero-order chi connectivity index (χ0) is 26.8. The number of rotatable bonds is 5. The van der Waals surface area contributed by atoms with E-state index in [0.29, 0.717) is 54.9 Å². The Bertz CT molecular complexity index is 1350. The van der Waals surface area contributed by atoms with E-state index in [9.17, 15) is 14.7 Å². The summed E-state index contributed by atoms with van der Waals surface area (Å²) in [6, 6.07) is 10.2. The van der Waals surface area contributed by atoms with Gasteiger partial charge in [-0.15, -0.1) is 0 Å². The highest BCUT2D eigenvalue weighted by Crippen LogP contribution is 2.52. The SMILES string of the molecule is CCC1(CC)CC(=O)N([C@H]2c3cc4c(cc3OC[C@H]2COC)[C@@]2(O)Cc3ccccc3[C@H]2NC4=O)C(N)=N1. The molecule has 9 heteroatoms.